The Hall–Kier alpha value is -5.01. The minimum atomic E-state index is -0.797. The normalized spacial score (nSPS) is 18.5. The van der Waals surface area contributed by atoms with E-state index in [1.807, 2.05) is 6.07 Å². The van der Waals surface area contributed by atoms with E-state index < -0.39 is 5.60 Å². The highest BCUT2D eigenvalue weighted by molar-refractivity contribution is 6.08. The maximum atomic E-state index is 7.83. The molecule has 0 amide bonds. The summed E-state index contributed by atoms with van der Waals surface area (Å²) in [5, 5.41) is 2.36. The van der Waals surface area contributed by atoms with Gasteiger partial charge in [0.05, 0.1) is 6.57 Å². The number of hydrogen-bond donors (Lipinski definition) is 0. The van der Waals surface area contributed by atoms with E-state index in [-0.39, 0.29) is 5.41 Å². The highest BCUT2D eigenvalue weighted by atomic mass is 16.5. The van der Waals surface area contributed by atoms with E-state index >= 15 is 0 Å². The molecule has 2 saturated heterocycles. The van der Waals surface area contributed by atoms with Gasteiger partial charge < -0.3 is 14.5 Å². The predicted octanol–water partition coefficient (Wildman–Crippen LogP) is 11.8. The Morgan fingerprint density at radius 1 is 0.686 bits per heavy atom. The summed E-state index contributed by atoms with van der Waals surface area (Å²) >= 11 is 0. The Balaban J connectivity index is 1.24. The van der Waals surface area contributed by atoms with Crippen LogP contribution in [0.1, 0.15) is 93.0 Å². The van der Waals surface area contributed by atoms with Crippen molar-refractivity contribution < 1.29 is 4.74 Å². The molecule has 256 valence electrons. The fourth-order valence-electron chi connectivity index (χ4n) is 9.82. The largest absolute Gasteiger partial charge is 0.472 e. The molecule has 51 heavy (non-hydrogen) atoms. The lowest BCUT2D eigenvalue weighted by molar-refractivity contribution is 0.163. The molecule has 4 heteroatoms. The van der Waals surface area contributed by atoms with Crippen LogP contribution in [0.2, 0.25) is 0 Å². The van der Waals surface area contributed by atoms with Crippen molar-refractivity contribution in [2.45, 2.75) is 76.2 Å². The second-order valence-electron chi connectivity index (χ2n) is 15.0. The van der Waals surface area contributed by atoms with E-state index in [1.165, 1.54) is 83.1 Å². The molecule has 5 aromatic carbocycles. The molecule has 3 aliphatic heterocycles. The van der Waals surface area contributed by atoms with E-state index in [4.69, 9.17) is 11.3 Å². The van der Waals surface area contributed by atoms with Crippen LogP contribution in [0.5, 0.6) is 5.75 Å². The third-order valence-corrected chi connectivity index (χ3v) is 12.6. The van der Waals surface area contributed by atoms with Gasteiger partial charge in [0.1, 0.15) is 5.75 Å². The van der Waals surface area contributed by atoms with Gasteiger partial charge in [-0.05, 0) is 109 Å². The van der Waals surface area contributed by atoms with Crippen molar-refractivity contribution in [2.75, 3.05) is 36.0 Å². The van der Waals surface area contributed by atoms with Crippen LogP contribution in [0, 0.1) is 6.57 Å². The molecule has 5 aromatic rings. The van der Waals surface area contributed by atoms with Crippen LogP contribution in [0.4, 0.5) is 17.1 Å². The van der Waals surface area contributed by atoms with Gasteiger partial charge in [-0.15, -0.1) is 0 Å². The van der Waals surface area contributed by atoms with Gasteiger partial charge in [0, 0.05) is 65.0 Å². The summed E-state index contributed by atoms with van der Waals surface area (Å²) in [4.78, 5) is 8.92. The van der Waals surface area contributed by atoms with Crippen LogP contribution in [0.25, 0.3) is 32.8 Å². The summed E-state index contributed by atoms with van der Waals surface area (Å²) in [5.74, 6) is 0.955. The third kappa shape index (κ3) is 4.92. The fraction of sp³-hybridized carbons (Fsp3) is 0.340. The quantitative estimate of drug-likeness (QED) is 0.168. The molecule has 4 aliphatic rings. The van der Waals surface area contributed by atoms with Crippen molar-refractivity contribution in [3.63, 3.8) is 0 Å². The second kappa shape index (κ2) is 12.6. The summed E-state index contributed by atoms with van der Waals surface area (Å²) < 4.78 is 7.66. The molecule has 0 atom stereocenters. The fourth-order valence-corrected chi connectivity index (χ4v) is 9.82. The third-order valence-electron chi connectivity index (χ3n) is 12.6. The molecule has 3 heterocycles. The van der Waals surface area contributed by atoms with Gasteiger partial charge in [-0.1, -0.05) is 86.7 Å². The molecule has 0 aromatic heterocycles. The lowest BCUT2D eigenvalue weighted by Crippen LogP contribution is -2.36. The molecule has 0 radical (unpaired) electrons. The molecule has 9 rings (SSSR count). The molecule has 0 spiro atoms. The lowest BCUT2D eigenvalue weighted by Gasteiger charge is -2.40. The minimum Gasteiger partial charge on any atom is -0.472 e. The Morgan fingerprint density at radius 2 is 1.25 bits per heavy atom. The summed E-state index contributed by atoms with van der Waals surface area (Å²) in [6.45, 7) is 16.9. The zero-order valence-corrected chi connectivity index (χ0v) is 30.1. The van der Waals surface area contributed by atoms with Crippen molar-refractivity contribution in [1.29, 1.82) is 0 Å². The molecule has 0 bridgehead atoms. The lowest BCUT2D eigenvalue weighted by atomic mass is 9.71. The monoisotopic (exact) mass is 669 g/mol. The molecule has 0 N–H and O–H groups in total. The number of hydrogen-bond acceptors (Lipinski definition) is 3. The number of anilines is 2. The van der Waals surface area contributed by atoms with E-state index in [0.29, 0.717) is 5.69 Å². The predicted molar refractivity (Wildman–Crippen MR) is 212 cm³/mol. The Labute approximate surface area is 303 Å². The first-order chi connectivity index (χ1) is 25.1. The highest BCUT2D eigenvalue weighted by Gasteiger charge is 2.47. The number of piperidine rings is 2. The Bertz CT molecular complexity index is 2110. The summed E-state index contributed by atoms with van der Waals surface area (Å²) in [5.41, 5.74) is 10.9. The summed E-state index contributed by atoms with van der Waals surface area (Å²) in [6, 6.07) is 33.6. The molecule has 1 aliphatic carbocycles. The van der Waals surface area contributed by atoms with Crippen molar-refractivity contribution in [1.82, 2.24) is 0 Å². The number of ether oxygens (including phenoxy) is 1. The molecular formula is C47H47N3O. The molecule has 0 saturated carbocycles. The van der Waals surface area contributed by atoms with Crippen LogP contribution in [-0.4, -0.2) is 26.2 Å². The average molecular weight is 670 g/mol. The van der Waals surface area contributed by atoms with Crippen LogP contribution in [-0.2, 0) is 11.0 Å². The Morgan fingerprint density at radius 3 is 1.80 bits per heavy atom. The summed E-state index contributed by atoms with van der Waals surface area (Å²) in [6.07, 6.45) is 14.3. The zero-order chi connectivity index (χ0) is 34.6. The summed E-state index contributed by atoms with van der Waals surface area (Å²) in [7, 11) is 0. The zero-order valence-electron chi connectivity index (χ0n) is 30.1. The van der Waals surface area contributed by atoms with Crippen LogP contribution >= 0.6 is 0 Å². The molecule has 4 nitrogen and oxygen atoms in total. The van der Waals surface area contributed by atoms with Crippen LogP contribution in [0.15, 0.2) is 97.1 Å². The van der Waals surface area contributed by atoms with Gasteiger partial charge in [-0.3, -0.25) is 0 Å². The van der Waals surface area contributed by atoms with Crippen molar-refractivity contribution in [3.05, 3.63) is 136 Å². The SMILES string of the molecule is [C-]#[N+]c1ccc2c(c1)C(CC)(CC)c1c3c(c4ccccc4c1-2)OC(c1ccc(N2CCCCC2)cc1)(c1ccc(N2CCCCC2)cc1)C=C3. The number of benzene rings is 5. The smallest absolute Gasteiger partial charge is 0.187 e. The van der Waals surface area contributed by atoms with E-state index in [0.717, 1.165) is 61.3 Å². The van der Waals surface area contributed by atoms with Crippen molar-refractivity contribution in [2.24, 2.45) is 0 Å². The van der Waals surface area contributed by atoms with Gasteiger partial charge in [0.25, 0.3) is 0 Å². The molecule has 0 unspecified atom stereocenters. The second-order valence-corrected chi connectivity index (χ2v) is 15.0. The first-order valence-electron chi connectivity index (χ1n) is 19.3. The highest BCUT2D eigenvalue weighted by Crippen LogP contribution is 2.60. The number of nitrogens with zero attached hydrogens (tertiary/aromatic N) is 3. The first kappa shape index (κ1) is 31.9. The topological polar surface area (TPSA) is 20.1 Å². The average Bonchev–Trinajstić information content (AvgIpc) is 3.51. The standard InChI is InChI=1S/C47H47N3O/c1-4-46(5-2)42-32-35(48-3)20-25-40(42)43-38-14-8-9-15-39(38)45-41(44(43)46)26-27-47(51-45,33-16-21-36(22-17-33)49-28-10-6-11-29-49)34-18-23-37(24-19-34)50-30-12-7-13-31-50/h8-9,14-27,32H,4-7,10-13,28-31H2,1-2H3. The van der Waals surface area contributed by atoms with Crippen LogP contribution in [0.3, 0.4) is 0 Å². The Kier molecular flexibility index (Phi) is 7.92. The molecular weight excluding hydrogens is 623 g/mol. The van der Waals surface area contributed by atoms with Gasteiger partial charge in [-0.25, -0.2) is 4.85 Å². The van der Waals surface area contributed by atoms with Gasteiger partial charge in [0.15, 0.2) is 11.3 Å². The van der Waals surface area contributed by atoms with Crippen LogP contribution < -0.4 is 14.5 Å². The maximum Gasteiger partial charge on any atom is 0.187 e. The van der Waals surface area contributed by atoms with E-state index in [2.05, 4.69) is 126 Å². The van der Waals surface area contributed by atoms with Gasteiger partial charge >= 0.3 is 0 Å². The molecule has 2 fully saturated rings. The number of rotatable bonds is 6. The maximum absolute atomic E-state index is 7.83. The minimum absolute atomic E-state index is 0.209. The van der Waals surface area contributed by atoms with Gasteiger partial charge in [-0.2, -0.15) is 0 Å². The van der Waals surface area contributed by atoms with E-state index in [9.17, 15) is 0 Å². The number of fused-ring (bicyclic) bond motifs is 8. The van der Waals surface area contributed by atoms with Crippen molar-refractivity contribution in [3.8, 4) is 16.9 Å². The van der Waals surface area contributed by atoms with Gasteiger partial charge in [0.2, 0.25) is 0 Å². The first-order valence-corrected chi connectivity index (χ1v) is 19.3. The van der Waals surface area contributed by atoms with Crippen molar-refractivity contribution >= 4 is 33.9 Å². The van der Waals surface area contributed by atoms with E-state index in [1.54, 1.807) is 0 Å².